The van der Waals surface area contributed by atoms with Crippen molar-refractivity contribution in [3.05, 3.63) is 47.2 Å². The van der Waals surface area contributed by atoms with E-state index in [0.29, 0.717) is 6.54 Å². The van der Waals surface area contributed by atoms with E-state index in [-0.39, 0.29) is 0 Å². The number of rotatable bonds is 2. The highest BCUT2D eigenvalue weighted by Gasteiger charge is 2.19. The summed E-state index contributed by atoms with van der Waals surface area (Å²) in [6.07, 6.45) is 2.29. The van der Waals surface area contributed by atoms with Gasteiger partial charge in [0.15, 0.2) is 5.82 Å². The van der Waals surface area contributed by atoms with Crippen molar-refractivity contribution >= 4 is 11.5 Å². The van der Waals surface area contributed by atoms with Crippen LogP contribution in [0.15, 0.2) is 30.3 Å². The summed E-state index contributed by atoms with van der Waals surface area (Å²) in [6.45, 7) is 3.56. The van der Waals surface area contributed by atoms with Gasteiger partial charge >= 0.3 is 0 Å². The van der Waals surface area contributed by atoms with Crippen molar-refractivity contribution in [3.8, 4) is 0 Å². The van der Waals surface area contributed by atoms with Crippen LogP contribution in [0.25, 0.3) is 0 Å². The third-order valence-corrected chi connectivity index (χ3v) is 3.55. The molecular formula is C15H18N4. The fourth-order valence-corrected chi connectivity index (χ4v) is 2.57. The molecule has 1 aliphatic rings. The highest BCUT2D eigenvalue weighted by atomic mass is 15.3. The van der Waals surface area contributed by atoms with Crippen molar-refractivity contribution in [2.75, 3.05) is 11.4 Å². The maximum Gasteiger partial charge on any atom is 0.155 e. The van der Waals surface area contributed by atoms with Crippen LogP contribution in [0.5, 0.6) is 0 Å². The number of nitrogens with zero attached hydrogens (tertiary/aromatic N) is 3. The van der Waals surface area contributed by atoms with Gasteiger partial charge in [0, 0.05) is 18.8 Å². The van der Waals surface area contributed by atoms with Gasteiger partial charge in [-0.25, -0.2) is 0 Å². The molecule has 0 bridgehead atoms. The lowest BCUT2D eigenvalue weighted by Gasteiger charge is -2.30. The Balaban J connectivity index is 1.98. The molecule has 0 saturated heterocycles. The van der Waals surface area contributed by atoms with E-state index in [1.165, 1.54) is 16.8 Å². The summed E-state index contributed by atoms with van der Waals surface area (Å²) in [5, 5.41) is 8.44. The molecule has 1 aliphatic heterocycles. The molecular weight excluding hydrogens is 236 g/mol. The van der Waals surface area contributed by atoms with Crippen LogP contribution in [0.3, 0.4) is 0 Å². The fraction of sp³-hybridized carbons (Fsp3) is 0.333. The predicted molar refractivity (Wildman–Crippen MR) is 76.4 cm³/mol. The van der Waals surface area contributed by atoms with Crippen LogP contribution in [-0.2, 0) is 13.0 Å². The highest BCUT2D eigenvalue weighted by Crippen LogP contribution is 2.32. The van der Waals surface area contributed by atoms with Crippen LogP contribution >= 0.6 is 0 Å². The number of anilines is 2. The standard InChI is InChI=1S/C15H18N4/c1-11-4-6-14-12(9-11)3-2-8-19(14)15-7-5-13(10-16)17-18-15/h4-7,9H,2-3,8,10,16H2,1H3. The van der Waals surface area contributed by atoms with E-state index in [4.69, 9.17) is 5.73 Å². The maximum absolute atomic E-state index is 5.56. The number of nitrogens with two attached hydrogens (primary N) is 1. The molecule has 2 aromatic rings. The van der Waals surface area contributed by atoms with Gasteiger partial charge in [-0.3, -0.25) is 0 Å². The van der Waals surface area contributed by atoms with Crippen LogP contribution in [0.2, 0.25) is 0 Å². The van der Waals surface area contributed by atoms with E-state index >= 15 is 0 Å². The Labute approximate surface area is 113 Å². The number of hydrogen-bond donors (Lipinski definition) is 1. The summed E-state index contributed by atoms with van der Waals surface area (Å²) in [5.41, 5.74) is 10.3. The zero-order chi connectivity index (χ0) is 13.2. The first kappa shape index (κ1) is 12.1. The van der Waals surface area contributed by atoms with E-state index in [0.717, 1.165) is 30.9 Å². The lowest BCUT2D eigenvalue weighted by molar-refractivity contribution is 0.748. The van der Waals surface area contributed by atoms with Gasteiger partial charge in [0.1, 0.15) is 0 Å². The third kappa shape index (κ3) is 2.31. The summed E-state index contributed by atoms with van der Waals surface area (Å²) in [6, 6.07) is 10.6. The Morgan fingerprint density at radius 3 is 2.84 bits per heavy atom. The molecule has 2 heterocycles. The first-order valence-corrected chi connectivity index (χ1v) is 6.67. The first-order chi connectivity index (χ1) is 9.28. The normalized spacial score (nSPS) is 14.3. The van der Waals surface area contributed by atoms with Gasteiger partial charge in [-0.15, -0.1) is 5.10 Å². The Kier molecular flexibility index (Phi) is 3.17. The zero-order valence-electron chi connectivity index (χ0n) is 11.1. The van der Waals surface area contributed by atoms with Crippen LogP contribution < -0.4 is 10.6 Å². The maximum atomic E-state index is 5.56. The van der Waals surface area contributed by atoms with Gasteiger partial charge in [0.2, 0.25) is 0 Å². The van der Waals surface area contributed by atoms with Crippen LogP contribution in [-0.4, -0.2) is 16.7 Å². The lowest BCUT2D eigenvalue weighted by atomic mass is 9.99. The molecule has 0 aliphatic carbocycles. The zero-order valence-corrected chi connectivity index (χ0v) is 11.1. The number of fused-ring (bicyclic) bond motifs is 1. The molecule has 0 fully saturated rings. The molecule has 0 atom stereocenters. The molecule has 1 aromatic heterocycles. The van der Waals surface area contributed by atoms with Crippen molar-refractivity contribution in [2.24, 2.45) is 5.73 Å². The Morgan fingerprint density at radius 1 is 1.21 bits per heavy atom. The lowest BCUT2D eigenvalue weighted by Crippen LogP contribution is -2.25. The molecule has 0 amide bonds. The average molecular weight is 254 g/mol. The summed E-state index contributed by atoms with van der Waals surface area (Å²) in [5.74, 6) is 0.905. The van der Waals surface area contributed by atoms with E-state index in [2.05, 4.69) is 40.2 Å². The van der Waals surface area contributed by atoms with Crippen LogP contribution in [0, 0.1) is 6.92 Å². The third-order valence-electron chi connectivity index (χ3n) is 3.55. The molecule has 98 valence electrons. The second-order valence-corrected chi connectivity index (χ2v) is 4.97. The Hall–Kier alpha value is -1.94. The molecule has 0 radical (unpaired) electrons. The predicted octanol–water partition coefficient (Wildman–Crippen LogP) is 2.33. The first-order valence-electron chi connectivity index (χ1n) is 6.67. The van der Waals surface area contributed by atoms with Crippen molar-refractivity contribution in [1.29, 1.82) is 0 Å². The fourth-order valence-electron chi connectivity index (χ4n) is 2.57. The summed E-state index contributed by atoms with van der Waals surface area (Å²) < 4.78 is 0. The van der Waals surface area contributed by atoms with Gasteiger partial charge in [-0.2, -0.15) is 5.10 Å². The molecule has 19 heavy (non-hydrogen) atoms. The molecule has 3 rings (SSSR count). The van der Waals surface area contributed by atoms with Gasteiger partial charge < -0.3 is 10.6 Å². The quantitative estimate of drug-likeness (QED) is 0.893. The molecule has 2 N–H and O–H groups in total. The number of aryl methyl sites for hydroxylation is 2. The van der Waals surface area contributed by atoms with Crippen molar-refractivity contribution in [2.45, 2.75) is 26.3 Å². The van der Waals surface area contributed by atoms with Crippen molar-refractivity contribution < 1.29 is 0 Å². The highest BCUT2D eigenvalue weighted by molar-refractivity contribution is 5.65. The second-order valence-electron chi connectivity index (χ2n) is 4.97. The van der Waals surface area contributed by atoms with E-state index in [1.807, 2.05) is 12.1 Å². The monoisotopic (exact) mass is 254 g/mol. The van der Waals surface area contributed by atoms with Crippen molar-refractivity contribution in [3.63, 3.8) is 0 Å². The number of hydrogen-bond acceptors (Lipinski definition) is 4. The SMILES string of the molecule is Cc1ccc2c(c1)CCCN2c1ccc(CN)nn1. The Morgan fingerprint density at radius 2 is 2.11 bits per heavy atom. The summed E-state index contributed by atoms with van der Waals surface area (Å²) in [4.78, 5) is 2.24. The minimum Gasteiger partial charge on any atom is -0.325 e. The number of aromatic nitrogens is 2. The van der Waals surface area contributed by atoms with Crippen LogP contribution in [0.1, 0.15) is 23.2 Å². The molecule has 0 saturated carbocycles. The van der Waals surface area contributed by atoms with E-state index in [9.17, 15) is 0 Å². The minimum atomic E-state index is 0.434. The average Bonchev–Trinajstić information content (AvgIpc) is 2.46. The molecule has 0 spiro atoms. The molecule has 4 nitrogen and oxygen atoms in total. The van der Waals surface area contributed by atoms with Gasteiger partial charge in [-0.05, 0) is 43.5 Å². The van der Waals surface area contributed by atoms with Gasteiger partial charge in [-0.1, -0.05) is 17.7 Å². The van der Waals surface area contributed by atoms with Crippen molar-refractivity contribution in [1.82, 2.24) is 10.2 Å². The van der Waals surface area contributed by atoms with E-state index < -0.39 is 0 Å². The summed E-state index contributed by atoms with van der Waals surface area (Å²) in [7, 11) is 0. The second kappa shape index (κ2) is 4.97. The van der Waals surface area contributed by atoms with Gasteiger partial charge in [0.05, 0.1) is 5.69 Å². The molecule has 1 aromatic carbocycles. The van der Waals surface area contributed by atoms with E-state index in [1.54, 1.807) is 0 Å². The Bertz CT molecular complexity index is 577. The van der Waals surface area contributed by atoms with Gasteiger partial charge in [0.25, 0.3) is 0 Å². The smallest absolute Gasteiger partial charge is 0.155 e. The number of benzene rings is 1. The molecule has 0 unspecified atom stereocenters. The topological polar surface area (TPSA) is 55.0 Å². The minimum absolute atomic E-state index is 0.434. The molecule has 4 heteroatoms. The summed E-state index contributed by atoms with van der Waals surface area (Å²) >= 11 is 0. The van der Waals surface area contributed by atoms with Crippen LogP contribution in [0.4, 0.5) is 11.5 Å². The largest absolute Gasteiger partial charge is 0.325 e.